The van der Waals surface area contributed by atoms with E-state index in [1.165, 1.54) is 7.11 Å². The van der Waals surface area contributed by atoms with E-state index in [1.807, 2.05) is 62.6 Å². The van der Waals surface area contributed by atoms with E-state index in [4.69, 9.17) is 0 Å². The minimum Gasteiger partial charge on any atom is -0.468 e. The Balaban J connectivity index is 0.000000554. The number of amides is 2. The number of esters is 1. The number of benzene rings is 2. The van der Waals surface area contributed by atoms with E-state index >= 15 is 0 Å². The summed E-state index contributed by atoms with van der Waals surface area (Å²) in [5, 5.41) is 5.53. The quantitative estimate of drug-likeness (QED) is 0.629. The SMILES string of the molecule is COC(=O)CNC(=O)C1(NC(=O)c2ccc(CN(C)C)cc2)CCCCC1.c1ccccc1. The monoisotopic (exact) mass is 453 g/mol. The molecule has 7 nitrogen and oxygen atoms in total. The van der Waals surface area contributed by atoms with Gasteiger partial charge in [-0.2, -0.15) is 0 Å². The minimum absolute atomic E-state index is 0.202. The van der Waals surface area contributed by atoms with Gasteiger partial charge in [-0.25, -0.2) is 0 Å². The van der Waals surface area contributed by atoms with Crippen molar-refractivity contribution < 1.29 is 19.1 Å². The van der Waals surface area contributed by atoms with Gasteiger partial charge in [-0.05, 0) is 44.6 Å². The van der Waals surface area contributed by atoms with Crippen molar-refractivity contribution in [3.63, 3.8) is 0 Å². The van der Waals surface area contributed by atoms with Crippen LogP contribution in [0.25, 0.3) is 0 Å². The molecule has 0 aromatic heterocycles. The third-order valence-electron chi connectivity index (χ3n) is 5.50. The first-order valence-corrected chi connectivity index (χ1v) is 11.3. The molecular formula is C26H35N3O4. The molecule has 1 aliphatic rings. The standard InChI is InChI=1S/C20H29N3O4.C6H6/c1-23(2)14-15-7-9-16(10-8-15)18(25)22-20(11-5-4-6-12-20)19(26)21-13-17(24)27-3;1-2-4-6-5-3-1/h7-10H,4-6,11-14H2,1-3H3,(H,21,26)(H,22,25);1-6H. The van der Waals surface area contributed by atoms with Crippen LogP contribution >= 0.6 is 0 Å². The molecule has 1 saturated carbocycles. The molecule has 0 radical (unpaired) electrons. The van der Waals surface area contributed by atoms with Crippen molar-refractivity contribution in [3.8, 4) is 0 Å². The third-order valence-corrected chi connectivity index (χ3v) is 5.50. The first-order valence-electron chi connectivity index (χ1n) is 11.3. The van der Waals surface area contributed by atoms with Gasteiger partial charge in [-0.3, -0.25) is 14.4 Å². The van der Waals surface area contributed by atoms with Gasteiger partial charge in [0.2, 0.25) is 5.91 Å². The molecule has 3 rings (SSSR count). The molecule has 0 spiro atoms. The van der Waals surface area contributed by atoms with Crippen molar-refractivity contribution in [2.75, 3.05) is 27.7 Å². The largest absolute Gasteiger partial charge is 0.468 e. The number of ether oxygens (including phenoxy) is 1. The number of carbonyl (C=O) groups is 3. The fraction of sp³-hybridized carbons (Fsp3) is 0.423. The van der Waals surface area contributed by atoms with Crippen LogP contribution in [0.4, 0.5) is 0 Å². The number of carbonyl (C=O) groups excluding carboxylic acids is 3. The molecule has 33 heavy (non-hydrogen) atoms. The van der Waals surface area contributed by atoms with E-state index in [9.17, 15) is 14.4 Å². The average Bonchev–Trinajstić information content (AvgIpc) is 2.84. The molecule has 0 aliphatic heterocycles. The Hall–Kier alpha value is -3.19. The fourth-order valence-corrected chi connectivity index (χ4v) is 3.76. The molecule has 0 bridgehead atoms. The molecule has 0 unspecified atom stereocenters. The van der Waals surface area contributed by atoms with E-state index in [0.29, 0.717) is 18.4 Å². The lowest BCUT2D eigenvalue weighted by Crippen LogP contribution is -2.60. The zero-order chi connectivity index (χ0) is 24.1. The second kappa shape index (κ2) is 13.4. The van der Waals surface area contributed by atoms with Crippen molar-refractivity contribution in [3.05, 3.63) is 71.8 Å². The van der Waals surface area contributed by atoms with Crippen LogP contribution < -0.4 is 10.6 Å². The molecule has 2 aromatic carbocycles. The number of nitrogens with zero attached hydrogens (tertiary/aromatic N) is 1. The first-order chi connectivity index (χ1) is 15.9. The summed E-state index contributed by atoms with van der Waals surface area (Å²) in [5.41, 5.74) is 0.647. The summed E-state index contributed by atoms with van der Waals surface area (Å²) < 4.78 is 4.57. The average molecular weight is 454 g/mol. The van der Waals surface area contributed by atoms with E-state index in [1.54, 1.807) is 12.1 Å². The molecule has 178 valence electrons. The van der Waals surface area contributed by atoms with Gasteiger partial charge >= 0.3 is 5.97 Å². The summed E-state index contributed by atoms with van der Waals surface area (Å²) in [6.45, 7) is 0.591. The van der Waals surface area contributed by atoms with Crippen LogP contribution in [0.3, 0.4) is 0 Å². The Morgan fingerprint density at radius 3 is 1.94 bits per heavy atom. The number of methoxy groups -OCH3 is 1. The van der Waals surface area contributed by atoms with Gasteiger partial charge in [0.15, 0.2) is 0 Å². The van der Waals surface area contributed by atoms with Gasteiger partial charge in [0, 0.05) is 12.1 Å². The Kier molecular flexibility index (Phi) is 10.6. The smallest absolute Gasteiger partial charge is 0.325 e. The van der Waals surface area contributed by atoms with Gasteiger partial charge < -0.3 is 20.3 Å². The second-order valence-electron chi connectivity index (χ2n) is 8.45. The molecular weight excluding hydrogens is 418 g/mol. The summed E-state index contributed by atoms with van der Waals surface area (Å²) in [7, 11) is 5.24. The molecule has 0 atom stereocenters. The predicted octanol–water partition coefficient (Wildman–Crippen LogP) is 3.16. The maximum absolute atomic E-state index is 12.8. The minimum atomic E-state index is -0.980. The van der Waals surface area contributed by atoms with Gasteiger partial charge in [0.25, 0.3) is 5.91 Å². The maximum atomic E-state index is 12.8. The Morgan fingerprint density at radius 1 is 0.909 bits per heavy atom. The van der Waals surface area contributed by atoms with Crippen molar-refractivity contribution in [1.82, 2.24) is 15.5 Å². The van der Waals surface area contributed by atoms with Gasteiger partial charge in [0.05, 0.1) is 7.11 Å². The van der Waals surface area contributed by atoms with Gasteiger partial charge in [-0.1, -0.05) is 67.8 Å². The molecule has 7 heteroatoms. The van der Waals surface area contributed by atoms with Crippen LogP contribution in [0.15, 0.2) is 60.7 Å². The van der Waals surface area contributed by atoms with Gasteiger partial charge in [-0.15, -0.1) is 0 Å². The van der Waals surface area contributed by atoms with Crippen molar-refractivity contribution >= 4 is 17.8 Å². The topological polar surface area (TPSA) is 87.7 Å². The van der Waals surface area contributed by atoms with Crippen LogP contribution in [0.1, 0.15) is 48.0 Å². The summed E-state index contributed by atoms with van der Waals surface area (Å²) in [5.74, 6) is -1.12. The highest BCUT2D eigenvalue weighted by molar-refractivity contribution is 5.99. The van der Waals surface area contributed by atoms with Crippen LogP contribution in [0.2, 0.25) is 0 Å². The Morgan fingerprint density at radius 2 is 1.45 bits per heavy atom. The highest BCUT2D eigenvalue weighted by Gasteiger charge is 2.41. The van der Waals surface area contributed by atoms with E-state index in [0.717, 1.165) is 31.4 Å². The van der Waals surface area contributed by atoms with Crippen LogP contribution in [0.5, 0.6) is 0 Å². The summed E-state index contributed by atoms with van der Waals surface area (Å²) in [6.07, 6.45) is 3.86. The van der Waals surface area contributed by atoms with E-state index in [-0.39, 0.29) is 18.4 Å². The second-order valence-corrected chi connectivity index (χ2v) is 8.45. The lowest BCUT2D eigenvalue weighted by molar-refractivity contribution is -0.142. The number of hydrogen-bond donors (Lipinski definition) is 2. The first kappa shape index (κ1) is 26.1. The number of rotatable bonds is 7. The molecule has 0 heterocycles. The maximum Gasteiger partial charge on any atom is 0.325 e. The number of nitrogens with one attached hydrogen (secondary N) is 2. The zero-order valence-corrected chi connectivity index (χ0v) is 19.8. The summed E-state index contributed by atoms with van der Waals surface area (Å²) >= 11 is 0. The fourth-order valence-electron chi connectivity index (χ4n) is 3.76. The van der Waals surface area contributed by atoms with Crippen molar-refractivity contribution in [1.29, 1.82) is 0 Å². The molecule has 2 amide bonds. The van der Waals surface area contributed by atoms with E-state index in [2.05, 4.69) is 20.3 Å². The molecule has 2 N–H and O–H groups in total. The van der Waals surface area contributed by atoms with E-state index < -0.39 is 11.5 Å². The summed E-state index contributed by atoms with van der Waals surface area (Å²) in [4.78, 5) is 38.9. The predicted molar refractivity (Wildman–Crippen MR) is 129 cm³/mol. The zero-order valence-electron chi connectivity index (χ0n) is 19.8. The lowest BCUT2D eigenvalue weighted by Gasteiger charge is -2.36. The molecule has 1 fully saturated rings. The summed E-state index contributed by atoms with van der Waals surface area (Å²) in [6, 6.07) is 19.4. The highest BCUT2D eigenvalue weighted by atomic mass is 16.5. The van der Waals surface area contributed by atoms with Crippen LogP contribution in [-0.2, 0) is 20.9 Å². The highest BCUT2D eigenvalue weighted by Crippen LogP contribution is 2.29. The third kappa shape index (κ3) is 8.69. The molecule has 2 aromatic rings. The van der Waals surface area contributed by atoms with Gasteiger partial charge in [0.1, 0.15) is 12.1 Å². The van der Waals surface area contributed by atoms with Crippen molar-refractivity contribution in [2.24, 2.45) is 0 Å². The normalized spacial score (nSPS) is 14.4. The van der Waals surface area contributed by atoms with Crippen LogP contribution in [0, 0.1) is 0 Å². The lowest BCUT2D eigenvalue weighted by atomic mass is 9.80. The molecule has 1 aliphatic carbocycles. The Labute approximate surface area is 196 Å². The molecule has 0 saturated heterocycles. The Bertz CT molecular complexity index is 849. The van der Waals surface area contributed by atoms with Crippen molar-refractivity contribution in [2.45, 2.75) is 44.2 Å². The van der Waals surface area contributed by atoms with Crippen LogP contribution in [-0.4, -0.2) is 56.0 Å². The number of hydrogen-bond acceptors (Lipinski definition) is 5.